The van der Waals surface area contributed by atoms with Gasteiger partial charge >= 0.3 is 0 Å². The molecule has 0 saturated carbocycles. The first-order chi connectivity index (χ1) is 8.74. The third-order valence-corrected chi connectivity index (χ3v) is 4.36. The van der Waals surface area contributed by atoms with Crippen molar-refractivity contribution in [3.8, 4) is 11.3 Å². The molecule has 1 aliphatic heterocycles. The van der Waals surface area contributed by atoms with Crippen LogP contribution < -0.4 is 5.32 Å². The summed E-state index contributed by atoms with van der Waals surface area (Å²) in [5.74, 6) is -0.323. The third-order valence-electron chi connectivity index (χ3n) is 3.09. The van der Waals surface area contributed by atoms with Gasteiger partial charge in [0.05, 0.1) is 16.8 Å². The van der Waals surface area contributed by atoms with Crippen molar-refractivity contribution in [2.24, 2.45) is 0 Å². The lowest BCUT2D eigenvalue weighted by Gasteiger charge is -2.05. The predicted octanol–water partition coefficient (Wildman–Crippen LogP) is 4.03. The molecule has 2 aromatic rings. The Labute approximate surface area is 114 Å². The minimum absolute atomic E-state index is 0.323. The molecule has 1 aliphatic rings. The zero-order valence-electron chi connectivity index (χ0n) is 9.62. The molecule has 94 valence electrons. The van der Waals surface area contributed by atoms with Crippen LogP contribution in [0.15, 0.2) is 23.6 Å². The van der Waals surface area contributed by atoms with Crippen molar-refractivity contribution < 1.29 is 4.39 Å². The maximum absolute atomic E-state index is 13.0. The molecular weight excluding hydrogens is 271 g/mol. The van der Waals surface area contributed by atoms with E-state index in [1.165, 1.54) is 18.6 Å². The van der Waals surface area contributed by atoms with E-state index in [1.54, 1.807) is 17.4 Å². The lowest BCUT2D eigenvalue weighted by molar-refractivity contribution is 0.628. The summed E-state index contributed by atoms with van der Waals surface area (Å²) in [4.78, 5) is 4.60. The van der Waals surface area contributed by atoms with E-state index in [0.717, 1.165) is 29.2 Å². The predicted molar refractivity (Wildman–Crippen MR) is 72.5 cm³/mol. The Balaban J connectivity index is 1.92. The largest absolute Gasteiger partial charge is 0.308 e. The van der Waals surface area contributed by atoms with Crippen molar-refractivity contribution in [1.82, 2.24) is 10.3 Å². The first-order valence-corrected chi connectivity index (χ1v) is 7.14. The van der Waals surface area contributed by atoms with Crippen LogP contribution in [0.4, 0.5) is 4.39 Å². The topological polar surface area (TPSA) is 24.9 Å². The van der Waals surface area contributed by atoms with Gasteiger partial charge in [-0.05, 0) is 37.6 Å². The maximum Gasteiger partial charge on any atom is 0.124 e. The second-order valence-corrected chi connectivity index (χ2v) is 5.64. The molecule has 2 heterocycles. The standard InChI is InChI=1S/C13H12ClFN2S/c14-10-6-8(15)3-4-9(10)12-7-18-13(17-12)11-2-1-5-16-11/h3-4,6-7,11,16H,1-2,5H2. The number of rotatable bonds is 2. The van der Waals surface area contributed by atoms with E-state index in [9.17, 15) is 4.39 Å². The molecule has 0 amide bonds. The molecular formula is C13H12ClFN2S. The molecule has 1 atom stereocenters. The molecule has 0 spiro atoms. The molecule has 1 saturated heterocycles. The SMILES string of the molecule is Fc1ccc(-c2csc(C3CCCN3)n2)c(Cl)c1. The molecule has 0 aliphatic carbocycles. The van der Waals surface area contributed by atoms with Crippen molar-refractivity contribution >= 4 is 22.9 Å². The molecule has 18 heavy (non-hydrogen) atoms. The van der Waals surface area contributed by atoms with Crippen LogP contribution in [-0.4, -0.2) is 11.5 Å². The van der Waals surface area contributed by atoms with Crippen LogP contribution in [0, 0.1) is 5.82 Å². The van der Waals surface area contributed by atoms with Gasteiger partial charge < -0.3 is 5.32 Å². The first-order valence-electron chi connectivity index (χ1n) is 5.88. The average Bonchev–Trinajstić information content (AvgIpc) is 2.99. The van der Waals surface area contributed by atoms with Crippen molar-refractivity contribution in [3.05, 3.63) is 39.4 Å². The Kier molecular flexibility index (Phi) is 3.33. The Bertz CT molecular complexity index is 564. The normalized spacial score (nSPS) is 19.3. The van der Waals surface area contributed by atoms with Gasteiger partial charge in [0, 0.05) is 10.9 Å². The van der Waals surface area contributed by atoms with E-state index < -0.39 is 0 Å². The van der Waals surface area contributed by atoms with Crippen LogP contribution in [0.1, 0.15) is 23.9 Å². The van der Waals surface area contributed by atoms with Gasteiger partial charge in [0.1, 0.15) is 10.8 Å². The smallest absolute Gasteiger partial charge is 0.124 e. The Hall–Kier alpha value is -0.970. The van der Waals surface area contributed by atoms with Crippen LogP contribution in [0.3, 0.4) is 0 Å². The summed E-state index contributed by atoms with van der Waals surface area (Å²) in [7, 11) is 0. The lowest BCUT2D eigenvalue weighted by Crippen LogP contribution is -2.12. The summed E-state index contributed by atoms with van der Waals surface area (Å²) in [6.07, 6.45) is 2.32. The van der Waals surface area contributed by atoms with Gasteiger partial charge in [-0.3, -0.25) is 0 Å². The van der Waals surface area contributed by atoms with Crippen molar-refractivity contribution in [3.63, 3.8) is 0 Å². The van der Waals surface area contributed by atoms with Crippen molar-refractivity contribution in [2.45, 2.75) is 18.9 Å². The van der Waals surface area contributed by atoms with Gasteiger partial charge in [-0.25, -0.2) is 9.37 Å². The maximum atomic E-state index is 13.0. The Morgan fingerprint density at radius 3 is 3.06 bits per heavy atom. The number of aromatic nitrogens is 1. The van der Waals surface area contributed by atoms with Crippen molar-refractivity contribution in [2.75, 3.05) is 6.54 Å². The van der Waals surface area contributed by atoms with E-state index in [2.05, 4.69) is 10.3 Å². The fourth-order valence-corrected chi connectivity index (χ4v) is 3.36. The van der Waals surface area contributed by atoms with Gasteiger partial charge in [-0.15, -0.1) is 11.3 Å². The van der Waals surface area contributed by atoms with Gasteiger partial charge in [0.2, 0.25) is 0 Å². The molecule has 1 N–H and O–H groups in total. The summed E-state index contributed by atoms with van der Waals surface area (Å²) in [6.45, 7) is 1.05. The summed E-state index contributed by atoms with van der Waals surface area (Å²) in [5, 5.41) is 6.89. The Morgan fingerprint density at radius 1 is 1.44 bits per heavy atom. The monoisotopic (exact) mass is 282 g/mol. The molecule has 3 rings (SSSR count). The number of hydrogen-bond acceptors (Lipinski definition) is 3. The molecule has 1 aromatic carbocycles. The highest BCUT2D eigenvalue weighted by Crippen LogP contribution is 2.33. The molecule has 1 fully saturated rings. The lowest BCUT2D eigenvalue weighted by atomic mass is 10.1. The van der Waals surface area contributed by atoms with Crippen LogP contribution in [0.2, 0.25) is 5.02 Å². The van der Waals surface area contributed by atoms with E-state index in [0.29, 0.717) is 11.1 Å². The average molecular weight is 283 g/mol. The molecule has 5 heteroatoms. The van der Waals surface area contributed by atoms with E-state index in [-0.39, 0.29) is 5.82 Å². The Morgan fingerprint density at radius 2 is 2.33 bits per heavy atom. The van der Waals surface area contributed by atoms with Gasteiger partial charge in [0.25, 0.3) is 0 Å². The molecule has 2 nitrogen and oxygen atoms in total. The molecule has 0 radical (unpaired) electrons. The fraction of sp³-hybridized carbons (Fsp3) is 0.308. The molecule has 0 bridgehead atoms. The van der Waals surface area contributed by atoms with E-state index >= 15 is 0 Å². The third kappa shape index (κ3) is 2.28. The molecule has 1 aromatic heterocycles. The number of halogens is 2. The second-order valence-electron chi connectivity index (χ2n) is 4.34. The zero-order valence-corrected chi connectivity index (χ0v) is 11.2. The van der Waals surface area contributed by atoms with Crippen LogP contribution in [0.5, 0.6) is 0 Å². The zero-order chi connectivity index (χ0) is 12.5. The summed E-state index contributed by atoms with van der Waals surface area (Å²) in [5.41, 5.74) is 1.62. The first kappa shape index (κ1) is 12.1. The second kappa shape index (κ2) is 4.96. The van der Waals surface area contributed by atoms with Crippen LogP contribution >= 0.6 is 22.9 Å². The van der Waals surface area contributed by atoms with Gasteiger partial charge in [0.15, 0.2) is 0 Å². The minimum Gasteiger partial charge on any atom is -0.308 e. The number of benzene rings is 1. The quantitative estimate of drug-likeness (QED) is 0.900. The van der Waals surface area contributed by atoms with E-state index in [4.69, 9.17) is 11.6 Å². The summed E-state index contributed by atoms with van der Waals surface area (Å²) >= 11 is 7.67. The number of nitrogens with zero attached hydrogens (tertiary/aromatic N) is 1. The van der Waals surface area contributed by atoms with Gasteiger partial charge in [-0.1, -0.05) is 11.6 Å². The highest BCUT2D eigenvalue weighted by Gasteiger charge is 2.20. The summed E-state index contributed by atoms with van der Waals surface area (Å²) < 4.78 is 13.0. The van der Waals surface area contributed by atoms with E-state index in [1.807, 2.05) is 5.38 Å². The summed E-state index contributed by atoms with van der Waals surface area (Å²) in [6, 6.07) is 4.78. The number of nitrogens with one attached hydrogen (secondary N) is 1. The van der Waals surface area contributed by atoms with Gasteiger partial charge in [-0.2, -0.15) is 0 Å². The van der Waals surface area contributed by atoms with Crippen LogP contribution in [0.25, 0.3) is 11.3 Å². The van der Waals surface area contributed by atoms with Crippen molar-refractivity contribution in [1.29, 1.82) is 0 Å². The number of thiazole rings is 1. The van der Waals surface area contributed by atoms with Crippen LogP contribution in [-0.2, 0) is 0 Å². The number of hydrogen-bond donors (Lipinski definition) is 1. The highest BCUT2D eigenvalue weighted by atomic mass is 35.5. The molecule has 1 unspecified atom stereocenters. The fourth-order valence-electron chi connectivity index (χ4n) is 2.16. The highest BCUT2D eigenvalue weighted by molar-refractivity contribution is 7.10. The minimum atomic E-state index is -0.323.